The summed E-state index contributed by atoms with van der Waals surface area (Å²) in [5, 5.41) is 18.6. The molecule has 3 N–H and O–H groups in total. The summed E-state index contributed by atoms with van der Waals surface area (Å²) in [4.78, 5) is 45.1. The minimum Gasteiger partial charge on any atom is -0.355 e. The first-order valence-electron chi connectivity index (χ1n) is 8.05. The van der Waals surface area contributed by atoms with Crippen LogP contribution in [-0.2, 0) is 4.79 Å². The first-order valence-corrected chi connectivity index (χ1v) is 8.05. The van der Waals surface area contributed by atoms with Crippen LogP contribution in [0.1, 0.15) is 27.6 Å². The van der Waals surface area contributed by atoms with Crippen molar-refractivity contribution >= 4 is 29.1 Å². The number of carbonyl (C=O) groups excluding carboxylic acids is 3. The standard InChI is InChI=1S/C18H18N4O5/c1-12(23)19-9-10-20-17(24)13-5-7-15(8-6-13)21-18(25)14-3-2-4-16(11-14)22(26)27/h2-8,11H,9-10H2,1H3,(H,19,23)(H,20,24)(H,21,25). The van der Waals surface area contributed by atoms with Crippen molar-refractivity contribution in [1.29, 1.82) is 0 Å². The summed E-state index contributed by atoms with van der Waals surface area (Å²) in [5.41, 5.74) is 0.824. The molecule has 0 spiro atoms. The zero-order valence-electron chi connectivity index (χ0n) is 14.5. The number of nitro benzene ring substituents is 1. The van der Waals surface area contributed by atoms with Gasteiger partial charge in [0, 0.05) is 49.0 Å². The van der Waals surface area contributed by atoms with Gasteiger partial charge in [-0.25, -0.2) is 0 Å². The van der Waals surface area contributed by atoms with Gasteiger partial charge in [-0.05, 0) is 30.3 Å². The number of nitrogens with zero attached hydrogens (tertiary/aromatic N) is 1. The van der Waals surface area contributed by atoms with E-state index in [1.54, 1.807) is 12.1 Å². The molecule has 0 fully saturated rings. The molecule has 0 aliphatic carbocycles. The molecular formula is C18H18N4O5. The quantitative estimate of drug-likeness (QED) is 0.388. The van der Waals surface area contributed by atoms with Gasteiger partial charge in [-0.3, -0.25) is 24.5 Å². The summed E-state index contributed by atoms with van der Waals surface area (Å²) in [6, 6.07) is 11.6. The van der Waals surface area contributed by atoms with Crippen LogP contribution in [-0.4, -0.2) is 35.7 Å². The highest BCUT2D eigenvalue weighted by Gasteiger charge is 2.12. The minimum absolute atomic E-state index is 0.156. The molecule has 0 unspecified atom stereocenters. The van der Waals surface area contributed by atoms with E-state index in [0.29, 0.717) is 24.3 Å². The molecule has 2 rings (SSSR count). The monoisotopic (exact) mass is 370 g/mol. The lowest BCUT2D eigenvalue weighted by molar-refractivity contribution is -0.384. The van der Waals surface area contributed by atoms with Gasteiger partial charge in [0.2, 0.25) is 5.91 Å². The van der Waals surface area contributed by atoms with E-state index in [4.69, 9.17) is 0 Å². The van der Waals surface area contributed by atoms with Gasteiger partial charge in [-0.15, -0.1) is 0 Å². The Morgan fingerprint density at radius 2 is 1.59 bits per heavy atom. The van der Waals surface area contributed by atoms with Crippen molar-refractivity contribution in [3.8, 4) is 0 Å². The molecule has 0 saturated carbocycles. The van der Waals surface area contributed by atoms with Gasteiger partial charge in [0.15, 0.2) is 0 Å². The van der Waals surface area contributed by atoms with Crippen molar-refractivity contribution < 1.29 is 19.3 Å². The number of benzene rings is 2. The number of hydrogen-bond acceptors (Lipinski definition) is 5. The fourth-order valence-electron chi connectivity index (χ4n) is 2.19. The number of nitrogens with one attached hydrogen (secondary N) is 3. The third-order valence-electron chi connectivity index (χ3n) is 3.51. The van der Waals surface area contributed by atoms with Gasteiger partial charge >= 0.3 is 0 Å². The second-order valence-corrected chi connectivity index (χ2v) is 5.58. The van der Waals surface area contributed by atoms with Crippen LogP contribution >= 0.6 is 0 Å². The maximum absolute atomic E-state index is 12.2. The summed E-state index contributed by atoms with van der Waals surface area (Å²) in [6.45, 7) is 2.02. The van der Waals surface area contributed by atoms with Gasteiger partial charge in [-0.1, -0.05) is 6.07 Å². The smallest absolute Gasteiger partial charge is 0.270 e. The molecule has 27 heavy (non-hydrogen) atoms. The van der Waals surface area contributed by atoms with Gasteiger partial charge in [0.05, 0.1) is 4.92 Å². The second kappa shape index (κ2) is 9.09. The van der Waals surface area contributed by atoms with Gasteiger partial charge in [0.25, 0.3) is 17.5 Å². The van der Waals surface area contributed by atoms with E-state index in [-0.39, 0.29) is 23.1 Å². The number of amides is 3. The van der Waals surface area contributed by atoms with E-state index in [1.165, 1.54) is 43.3 Å². The molecule has 2 aromatic carbocycles. The number of rotatable bonds is 7. The van der Waals surface area contributed by atoms with Crippen LogP contribution in [0.4, 0.5) is 11.4 Å². The molecule has 140 valence electrons. The normalized spacial score (nSPS) is 9.96. The van der Waals surface area contributed by atoms with Crippen molar-refractivity contribution in [2.24, 2.45) is 0 Å². The predicted molar refractivity (Wildman–Crippen MR) is 98.5 cm³/mol. The molecule has 9 nitrogen and oxygen atoms in total. The average Bonchev–Trinajstić information content (AvgIpc) is 2.65. The molecule has 0 heterocycles. The Labute approximate surface area is 154 Å². The lowest BCUT2D eigenvalue weighted by Gasteiger charge is -2.08. The molecule has 0 bridgehead atoms. The van der Waals surface area contributed by atoms with Gasteiger partial charge in [0.1, 0.15) is 0 Å². The minimum atomic E-state index is -0.573. The summed E-state index contributed by atoms with van der Waals surface area (Å²) < 4.78 is 0. The van der Waals surface area contributed by atoms with Crippen molar-refractivity contribution in [1.82, 2.24) is 10.6 Å². The van der Waals surface area contributed by atoms with Crippen LogP contribution in [0, 0.1) is 10.1 Å². The summed E-state index contributed by atoms with van der Waals surface area (Å²) in [6.07, 6.45) is 0. The number of hydrogen-bond donors (Lipinski definition) is 3. The Bertz CT molecular complexity index is 864. The highest BCUT2D eigenvalue weighted by atomic mass is 16.6. The lowest BCUT2D eigenvalue weighted by atomic mass is 10.1. The van der Waals surface area contributed by atoms with Crippen LogP contribution in [0.15, 0.2) is 48.5 Å². The average molecular weight is 370 g/mol. The molecule has 0 aliphatic rings. The van der Waals surface area contributed by atoms with Crippen LogP contribution in [0.2, 0.25) is 0 Å². The lowest BCUT2D eigenvalue weighted by Crippen LogP contribution is -2.33. The van der Waals surface area contributed by atoms with Crippen LogP contribution in [0.5, 0.6) is 0 Å². The molecule has 3 amide bonds. The van der Waals surface area contributed by atoms with Crippen molar-refractivity contribution in [3.05, 3.63) is 69.8 Å². The predicted octanol–water partition coefficient (Wildman–Crippen LogP) is 1.71. The SMILES string of the molecule is CC(=O)NCCNC(=O)c1ccc(NC(=O)c2cccc([N+](=O)[O-])c2)cc1. The van der Waals surface area contributed by atoms with E-state index >= 15 is 0 Å². The highest BCUT2D eigenvalue weighted by molar-refractivity contribution is 6.05. The summed E-state index contributed by atoms with van der Waals surface area (Å²) in [7, 11) is 0. The molecule has 0 radical (unpaired) electrons. The topological polar surface area (TPSA) is 130 Å². The molecule has 0 aliphatic heterocycles. The Kier molecular flexibility index (Phi) is 6.59. The van der Waals surface area contributed by atoms with Crippen molar-refractivity contribution in [2.45, 2.75) is 6.92 Å². The molecule has 0 saturated heterocycles. The maximum atomic E-state index is 12.2. The number of nitro groups is 1. The largest absolute Gasteiger partial charge is 0.355 e. The number of anilines is 1. The molecular weight excluding hydrogens is 352 g/mol. The third kappa shape index (κ3) is 5.92. The summed E-state index contributed by atoms with van der Waals surface area (Å²) >= 11 is 0. The van der Waals surface area contributed by atoms with Crippen molar-refractivity contribution in [2.75, 3.05) is 18.4 Å². The van der Waals surface area contributed by atoms with E-state index in [2.05, 4.69) is 16.0 Å². The second-order valence-electron chi connectivity index (χ2n) is 5.58. The van der Waals surface area contributed by atoms with Crippen molar-refractivity contribution in [3.63, 3.8) is 0 Å². The van der Waals surface area contributed by atoms with E-state index in [9.17, 15) is 24.5 Å². The molecule has 9 heteroatoms. The van der Waals surface area contributed by atoms with Crippen LogP contribution in [0.25, 0.3) is 0 Å². The first kappa shape index (κ1) is 19.6. The Balaban J connectivity index is 1.94. The summed E-state index contributed by atoms with van der Waals surface area (Å²) in [5.74, 6) is -0.976. The Hall–Kier alpha value is -3.75. The first-order chi connectivity index (χ1) is 12.9. The molecule has 2 aromatic rings. The van der Waals surface area contributed by atoms with E-state index < -0.39 is 10.8 Å². The fraction of sp³-hybridized carbons (Fsp3) is 0.167. The maximum Gasteiger partial charge on any atom is 0.270 e. The van der Waals surface area contributed by atoms with Crippen LogP contribution in [0.3, 0.4) is 0 Å². The number of non-ortho nitro benzene ring substituents is 1. The van der Waals surface area contributed by atoms with Gasteiger partial charge in [-0.2, -0.15) is 0 Å². The molecule has 0 atom stereocenters. The molecule has 0 aromatic heterocycles. The zero-order valence-corrected chi connectivity index (χ0v) is 14.5. The Morgan fingerprint density at radius 1 is 0.926 bits per heavy atom. The number of carbonyl (C=O) groups is 3. The zero-order chi connectivity index (χ0) is 19.8. The third-order valence-corrected chi connectivity index (χ3v) is 3.51. The van der Waals surface area contributed by atoms with Gasteiger partial charge < -0.3 is 16.0 Å². The van der Waals surface area contributed by atoms with Crippen LogP contribution < -0.4 is 16.0 Å². The fourth-order valence-corrected chi connectivity index (χ4v) is 2.19. The highest BCUT2D eigenvalue weighted by Crippen LogP contribution is 2.15. The van der Waals surface area contributed by atoms with E-state index in [1.807, 2.05) is 0 Å². The Morgan fingerprint density at radius 3 is 2.22 bits per heavy atom. The van der Waals surface area contributed by atoms with E-state index in [0.717, 1.165) is 0 Å².